The van der Waals surface area contributed by atoms with Gasteiger partial charge >= 0.3 is 0 Å². The van der Waals surface area contributed by atoms with Crippen LogP contribution in [-0.2, 0) is 21.4 Å². The highest BCUT2D eigenvalue weighted by molar-refractivity contribution is 14.1. The van der Waals surface area contributed by atoms with Crippen LogP contribution in [-0.4, -0.2) is 27.1 Å². The molecule has 1 N–H and O–H groups in total. The number of nitrogens with zero attached hydrogens (tertiary/aromatic N) is 1. The molecule has 0 unspecified atom stereocenters. The number of sulfonamides is 1. The Morgan fingerprint density at radius 1 is 1.12 bits per heavy atom. The summed E-state index contributed by atoms with van der Waals surface area (Å²) < 4.78 is 26.1. The van der Waals surface area contributed by atoms with E-state index in [0.29, 0.717) is 17.3 Å². The molecule has 128 valence electrons. The Morgan fingerprint density at radius 3 is 2.25 bits per heavy atom. The van der Waals surface area contributed by atoms with Crippen molar-refractivity contribution < 1.29 is 13.2 Å². The number of carbonyl (C=O) groups excluding carboxylic acids is 1. The fourth-order valence-corrected chi connectivity index (χ4v) is 3.34. The first-order valence-electron chi connectivity index (χ1n) is 7.00. The number of carbonyl (C=O) groups is 1. The van der Waals surface area contributed by atoms with Crippen LogP contribution in [0.25, 0.3) is 0 Å². The van der Waals surface area contributed by atoms with Crippen LogP contribution in [0.4, 0.5) is 5.69 Å². The van der Waals surface area contributed by atoms with Crippen LogP contribution in [0.15, 0.2) is 48.5 Å². The average Bonchev–Trinajstić information content (AvgIpc) is 2.52. The molecular formula is C16H16ClIN2O3S. The van der Waals surface area contributed by atoms with Crippen LogP contribution in [0.5, 0.6) is 0 Å². The number of amides is 1. The minimum Gasteiger partial charge on any atom is -0.350 e. The third-order valence-electron chi connectivity index (χ3n) is 3.21. The first-order valence-corrected chi connectivity index (χ1v) is 10.3. The molecule has 2 rings (SSSR count). The van der Waals surface area contributed by atoms with E-state index in [2.05, 4.69) is 27.9 Å². The second kappa shape index (κ2) is 8.17. The second-order valence-electron chi connectivity index (χ2n) is 5.15. The van der Waals surface area contributed by atoms with Crippen molar-refractivity contribution in [2.45, 2.75) is 6.54 Å². The summed E-state index contributed by atoms with van der Waals surface area (Å²) in [6.07, 6.45) is 1.08. The molecule has 0 heterocycles. The van der Waals surface area contributed by atoms with Gasteiger partial charge in [0.25, 0.3) is 0 Å². The van der Waals surface area contributed by atoms with Gasteiger partial charge in [-0.3, -0.25) is 9.10 Å². The lowest BCUT2D eigenvalue weighted by molar-refractivity contribution is -0.119. The van der Waals surface area contributed by atoms with Gasteiger partial charge in [0, 0.05) is 15.1 Å². The highest BCUT2D eigenvalue weighted by Crippen LogP contribution is 2.19. The average molecular weight is 479 g/mol. The fourth-order valence-electron chi connectivity index (χ4n) is 2.00. The molecule has 2 aromatic rings. The number of hydrogen-bond donors (Lipinski definition) is 1. The molecule has 0 fully saturated rings. The van der Waals surface area contributed by atoms with Crippen molar-refractivity contribution in [3.8, 4) is 0 Å². The first-order chi connectivity index (χ1) is 11.3. The predicted octanol–water partition coefficient (Wildman–Crippen LogP) is 3.03. The monoisotopic (exact) mass is 478 g/mol. The van der Waals surface area contributed by atoms with Gasteiger partial charge in [0.1, 0.15) is 6.54 Å². The number of anilines is 1. The summed E-state index contributed by atoms with van der Waals surface area (Å²) in [5.41, 5.74) is 1.34. The zero-order valence-corrected chi connectivity index (χ0v) is 16.6. The molecule has 0 bridgehead atoms. The van der Waals surface area contributed by atoms with E-state index in [4.69, 9.17) is 11.6 Å². The predicted molar refractivity (Wildman–Crippen MR) is 105 cm³/mol. The number of hydrogen-bond acceptors (Lipinski definition) is 3. The minimum absolute atomic E-state index is 0.271. The van der Waals surface area contributed by atoms with Crippen molar-refractivity contribution in [2.24, 2.45) is 0 Å². The Morgan fingerprint density at radius 2 is 1.71 bits per heavy atom. The lowest BCUT2D eigenvalue weighted by Gasteiger charge is -2.22. The summed E-state index contributed by atoms with van der Waals surface area (Å²) >= 11 is 7.94. The van der Waals surface area contributed by atoms with Crippen molar-refractivity contribution in [3.63, 3.8) is 0 Å². The van der Waals surface area contributed by atoms with Crippen LogP contribution in [0.1, 0.15) is 5.56 Å². The SMILES string of the molecule is CS(=O)(=O)N(CC(=O)NCc1ccc(Cl)cc1)c1ccc(I)cc1. The highest BCUT2D eigenvalue weighted by Gasteiger charge is 2.20. The van der Waals surface area contributed by atoms with E-state index in [1.807, 2.05) is 0 Å². The molecule has 0 saturated heterocycles. The van der Waals surface area contributed by atoms with Gasteiger partial charge in [-0.1, -0.05) is 23.7 Å². The molecule has 0 aliphatic carbocycles. The van der Waals surface area contributed by atoms with Gasteiger partial charge in [-0.15, -0.1) is 0 Å². The van der Waals surface area contributed by atoms with Crippen LogP contribution >= 0.6 is 34.2 Å². The summed E-state index contributed by atoms with van der Waals surface area (Å²) in [4.78, 5) is 12.1. The van der Waals surface area contributed by atoms with Gasteiger partial charge in [0.15, 0.2) is 0 Å². The Hall–Kier alpha value is -1.32. The molecule has 0 aromatic heterocycles. The Kier molecular flexibility index (Phi) is 6.47. The van der Waals surface area contributed by atoms with Gasteiger partial charge in [0.2, 0.25) is 15.9 Å². The van der Waals surface area contributed by atoms with Gasteiger partial charge in [0.05, 0.1) is 11.9 Å². The number of halogens is 2. The molecule has 0 aliphatic heterocycles. The highest BCUT2D eigenvalue weighted by atomic mass is 127. The van der Waals surface area contributed by atoms with Crippen LogP contribution < -0.4 is 9.62 Å². The maximum atomic E-state index is 12.1. The van der Waals surface area contributed by atoms with Crippen LogP contribution in [0, 0.1) is 3.57 Å². The summed E-state index contributed by atoms with van der Waals surface area (Å²) in [6, 6.07) is 14.0. The smallest absolute Gasteiger partial charge is 0.241 e. The molecule has 0 atom stereocenters. The summed E-state index contributed by atoms with van der Waals surface area (Å²) in [5, 5.41) is 3.33. The molecule has 0 spiro atoms. The van der Waals surface area contributed by atoms with Gasteiger partial charge < -0.3 is 5.32 Å². The maximum absolute atomic E-state index is 12.1. The van der Waals surface area contributed by atoms with Crippen molar-refractivity contribution in [1.29, 1.82) is 0 Å². The lowest BCUT2D eigenvalue weighted by atomic mass is 10.2. The largest absolute Gasteiger partial charge is 0.350 e. The van der Waals surface area contributed by atoms with Crippen molar-refractivity contribution in [2.75, 3.05) is 17.1 Å². The Bertz CT molecular complexity index is 808. The molecular weight excluding hydrogens is 463 g/mol. The lowest BCUT2D eigenvalue weighted by Crippen LogP contribution is -2.40. The van der Waals surface area contributed by atoms with E-state index >= 15 is 0 Å². The van der Waals surface area contributed by atoms with E-state index in [0.717, 1.165) is 19.7 Å². The Balaban J connectivity index is 2.05. The molecule has 0 aliphatic rings. The molecule has 0 saturated carbocycles. The van der Waals surface area contributed by atoms with Crippen LogP contribution in [0.3, 0.4) is 0 Å². The third-order valence-corrected chi connectivity index (χ3v) is 5.32. The zero-order chi connectivity index (χ0) is 17.7. The molecule has 2 aromatic carbocycles. The van der Waals surface area contributed by atoms with Crippen molar-refractivity contribution in [1.82, 2.24) is 5.32 Å². The minimum atomic E-state index is -3.56. The van der Waals surface area contributed by atoms with E-state index in [1.165, 1.54) is 0 Å². The van der Waals surface area contributed by atoms with Crippen molar-refractivity contribution >= 4 is 55.8 Å². The Labute approximate surface area is 160 Å². The van der Waals surface area contributed by atoms with Crippen molar-refractivity contribution in [3.05, 3.63) is 62.7 Å². The van der Waals surface area contributed by atoms with E-state index in [-0.39, 0.29) is 12.5 Å². The normalized spacial score (nSPS) is 11.1. The molecule has 5 nitrogen and oxygen atoms in total. The summed E-state index contributed by atoms with van der Waals surface area (Å²) in [7, 11) is -3.56. The van der Waals surface area contributed by atoms with E-state index in [1.54, 1.807) is 48.5 Å². The summed E-state index contributed by atoms with van der Waals surface area (Å²) in [5.74, 6) is -0.381. The third kappa shape index (κ3) is 5.64. The zero-order valence-electron chi connectivity index (χ0n) is 12.9. The number of nitrogens with one attached hydrogen (secondary N) is 1. The van der Waals surface area contributed by atoms with E-state index < -0.39 is 10.0 Å². The van der Waals surface area contributed by atoms with Gasteiger partial charge in [-0.05, 0) is 64.6 Å². The standard InChI is InChI=1S/C16H16ClIN2O3S/c1-24(22,23)20(15-8-6-14(18)7-9-15)11-16(21)19-10-12-2-4-13(17)5-3-12/h2-9H,10-11H2,1H3,(H,19,21). The number of benzene rings is 2. The van der Waals surface area contributed by atoms with Gasteiger partial charge in [-0.25, -0.2) is 8.42 Å². The topological polar surface area (TPSA) is 66.5 Å². The second-order valence-corrected chi connectivity index (χ2v) is 8.74. The fraction of sp³-hybridized carbons (Fsp3) is 0.188. The van der Waals surface area contributed by atoms with Gasteiger partial charge in [-0.2, -0.15) is 0 Å². The molecule has 8 heteroatoms. The number of rotatable bonds is 6. The first kappa shape index (κ1) is 19.0. The van der Waals surface area contributed by atoms with Crippen LogP contribution in [0.2, 0.25) is 5.02 Å². The summed E-state index contributed by atoms with van der Waals surface area (Å²) in [6.45, 7) is 0.0350. The molecule has 0 radical (unpaired) electrons. The quantitative estimate of drug-likeness (QED) is 0.649. The maximum Gasteiger partial charge on any atom is 0.241 e. The molecule has 24 heavy (non-hydrogen) atoms. The molecule has 1 amide bonds. The van der Waals surface area contributed by atoms with E-state index in [9.17, 15) is 13.2 Å².